The van der Waals surface area contributed by atoms with Gasteiger partial charge in [0.15, 0.2) is 5.05 Å². The monoisotopic (exact) mass is 267 g/mol. The Hall–Kier alpha value is -1.82. The van der Waals surface area contributed by atoms with Gasteiger partial charge in [0.05, 0.1) is 11.3 Å². The molecule has 0 aliphatic carbocycles. The lowest BCUT2D eigenvalue weighted by molar-refractivity contribution is -0.384. The van der Waals surface area contributed by atoms with Crippen LogP contribution >= 0.6 is 12.2 Å². The molecule has 0 aromatic heterocycles. The van der Waals surface area contributed by atoms with Gasteiger partial charge in [-0.25, -0.2) is 0 Å². The smallest absolute Gasteiger partial charge is 0.269 e. The maximum atomic E-state index is 11.1. The Balaban J connectivity index is 2.46. The van der Waals surface area contributed by atoms with Crippen LogP contribution in [0.2, 0.25) is 0 Å². The molecule has 0 heterocycles. The SMILES string of the molecule is CCC(=O)CC(=S)OCc1ccc([N+](=O)[O-])cc1. The second kappa shape index (κ2) is 6.80. The number of hydrogen-bond acceptors (Lipinski definition) is 5. The highest BCUT2D eigenvalue weighted by atomic mass is 32.1. The molecule has 0 unspecified atom stereocenters. The fourth-order valence-electron chi connectivity index (χ4n) is 1.21. The molecule has 1 rings (SSSR count). The summed E-state index contributed by atoms with van der Waals surface area (Å²) in [4.78, 5) is 21.1. The Labute approximate surface area is 110 Å². The van der Waals surface area contributed by atoms with E-state index in [-0.39, 0.29) is 29.5 Å². The number of non-ortho nitro benzene ring substituents is 1. The third-order valence-electron chi connectivity index (χ3n) is 2.28. The van der Waals surface area contributed by atoms with Crippen LogP contribution in [0.4, 0.5) is 5.69 Å². The van der Waals surface area contributed by atoms with Crippen molar-refractivity contribution >= 4 is 28.7 Å². The summed E-state index contributed by atoms with van der Waals surface area (Å²) in [5.74, 6) is 0.0312. The Morgan fingerprint density at radius 2 is 2.00 bits per heavy atom. The Morgan fingerprint density at radius 1 is 1.39 bits per heavy atom. The predicted molar refractivity (Wildman–Crippen MR) is 70.4 cm³/mol. The minimum Gasteiger partial charge on any atom is -0.482 e. The van der Waals surface area contributed by atoms with Gasteiger partial charge in [-0.15, -0.1) is 0 Å². The number of carbonyl (C=O) groups is 1. The van der Waals surface area contributed by atoms with Crippen LogP contribution < -0.4 is 0 Å². The summed E-state index contributed by atoms with van der Waals surface area (Å²) in [6, 6.07) is 6.00. The van der Waals surface area contributed by atoms with Crippen molar-refractivity contribution in [3.8, 4) is 0 Å². The molecule has 0 saturated heterocycles. The lowest BCUT2D eigenvalue weighted by Gasteiger charge is -2.06. The first-order valence-electron chi connectivity index (χ1n) is 5.43. The number of nitro benzene ring substituents is 1. The van der Waals surface area contributed by atoms with E-state index in [0.29, 0.717) is 6.42 Å². The number of nitrogens with zero attached hydrogens (tertiary/aromatic N) is 1. The van der Waals surface area contributed by atoms with Crippen molar-refractivity contribution in [2.75, 3.05) is 0 Å². The minimum absolute atomic E-state index is 0.0301. The van der Waals surface area contributed by atoms with Gasteiger partial charge in [0, 0.05) is 18.6 Å². The van der Waals surface area contributed by atoms with E-state index in [4.69, 9.17) is 17.0 Å². The molecule has 1 aromatic carbocycles. The minimum atomic E-state index is -0.463. The first-order chi connectivity index (χ1) is 8.52. The van der Waals surface area contributed by atoms with E-state index in [1.165, 1.54) is 12.1 Å². The van der Waals surface area contributed by atoms with Crippen LogP contribution in [-0.2, 0) is 16.1 Å². The van der Waals surface area contributed by atoms with Gasteiger partial charge < -0.3 is 4.74 Å². The van der Waals surface area contributed by atoms with E-state index in [1.807, 2.05) is 0 Å². The normalized spacial score (nSPS) is 9.83. The quantitative estimate of drug-likeness (QED) is 0.450. The van der Waals surface area contributed by atoms with Gasteiger partial charge in [-0.05, 0) is 29.9 Å². The molecule has 1 aromatic rings. The highest BCUT2D eigenvalue weighted by molar-refractivity contribution is 7.80. The Morgan fingerprint density at radius 3 is 2.50 bits per heavy atom. The molecule has 0 atom stereocenters. The second-order valence-corrected chi connectivity index (χ2v) is 4.11. The number of nitro groups is 1. The van der Waals surface area contributed by atoms with E-state index in [9.17, 15) is 14.9 Å². The van der Waals surface area contributed by atoms with Gasteiger partial charge in [-0.1, -0.05) is 6.92 Å². The number of carbonyl (C=O) groups excluding carboxylic acids is 1. The second-order valence-electron chi connectivity index (χ2n) is 3.65. The summed E-state index contributed by atoms with van der Waals surface area (Å²) >= 11 is 4.91. The zero-order chi connectivity index (χ0) is 13.5. The maximum absolute atomic E-state index is 11.1. The number of benzene rings is 1. The van der Waals surface area contributed by atoms with Crippen molar-refractivity contribution in [3.05, 3.63) is 39.9 Å². The van der Waals surface area contributed by atoms with E-state index >= 15 is 0 Å². The van der Waals surface area contributed by atoms with Gasteiger partial charge in [-0.2, -0.15) is 0 Å². The summed E-state index contributed by atoms with van der Waals surface area (Å²) in [5.41, 5.74) is 0.800. The molecule has 0 aliphatic heterocycles. The molecule has 0 bridgehead atoms. The van der Waals surface area contributed by atoms with Gasteiger partial charge in [0.1, 0.15) is 12.4 Å². The zero-order valence-electron chi connectivity index (χ0n) is 9.92. The van der Waals surface area contributed by atoms with Gasteiger partial charge in [0.2, 0.25) is 0 Å². The molecule has 18 heavy (non-hydrogen) atoms. The van der Waals surface area contributed by atoms with Crippen molar-refractivity contribution in [1.29, 1.82) is 0 Å². The largest absolute Gasteiger partial charge is 0.482 e. The van der Waals surface area contributed by atoms with Crippen molar-refractivity contribution in [1.82, 2.24) is 0 Å². The van der Waals surface area contributed by atoms with Crippen LogP contribution in [0.5, 0.6) is 0 Å². The van der Waals surface area contributed by atoms with E-state index in [2.05, 4.69) is 0 Å². The fourth-order valence-corrected chi connectivity index (χ4v) is 1.43. The van der Waals surface area contributed by atoms with Crippen LogP contribution in [0.25, 0.3) is 0 Å². The number of ketones is 1. The number of Topliss-reactive ketones (excluding diaryl/α,β-unsaturated/α-hetero) is 1. The molecular weight excluding hydrogens is 254 g/mol. The zero-order valence-corrected chi connectivity index (χ0v) is 10.7. The van der Waals surface area contributed by atoms with Gasteiger partial charge in [0.25, 0.3) is 5.69 Å². The molecule has 0 fully saturated rings. The van der Waals surface area contributed by atoms with Crippen molar-refractivity contribution in [2.24, 2.45) is 0 Å². The summed E-state index contributed by atoms with van der Waals surface area (Å²) in [6.45, 7) is 1.98. The highest BCUT2D eigenvalue weighted by Gasteiger charge is 2.07. The average Bonchev–Trinajstić information content (AvgIpc) is 2.36. The molecule has 0 saturated carbocycles. The van der Waals surface area contributed by atoms with E-state index < -0.39 is 4.92 Å². The summed E-state index contributed by atoms with van der Waals surface area (Å²) < 4.78 is 5.24. The fraction of sp³-hybridized carbons (Fsp3) is 0.333. The number of ether oxygens (including phenoxy) is 1. The molecule has 0 amide bonds. The standard InChI is InChI=1S/C12H13NO4S/c1-2-11(14)7-12(18)17-8-9-3-5-10(6-4-9)13(15)16/h3-6H,2,7-8H2,1H3. The van der Waals surface area contributed by atoms with E-state index in [0.717, 1.165) is 5.56 Å². The molecule has 5 nitrogen and oxygen atoms in total. The molecular formula is C12H13NO4S. The molecule has 0 aliphatic rings. The molecule has 0 radical (unpaired) electrons. The highest BCUT2D eigenvalue weighted by Crippen LogP contribution is 2.12. The van der Waals surface area contributed by atoms with Gasteiger partial charge >= 0.3 is 0 Å². The first kappa shape index (κ1) is 14.2. The summed E-state index contributed by atoms with van der Waals surface area (Å²) in [6.07, 6.45) is 0.569. The first-order valence-corrected chi connectivity index (χ1v) is 5.84. The molecule has 96 valence electrons. The Kier molecular flexibility index (Phi) is 5.38. The number of thiocarbonyl (C=S) groups is 1. The van der Waals surface area contributed by atoms with Gasteiger partial charge in [-0.3, -0.25) is 14.9 Å². The summed E-state index contributed by atoms with van der Waals surface area (Å²) in [7, 11) is 0. The summed E-state index contributed by atoms with van der Waals surface area (Å²) in [5, 5.41) is 10.7. The topological polar surface area (TPSA) is 69.4 Å². The van der Waals surface area contributed by atoms with Crippen LogP contribution in [0.3, 0.4) is 0 Å². The van der Waals surface area contributed by atoms with Crippen molar-refractivity contribution in [3.63, 3.8) is 0 Å². The third-order valence-corrected chi connectivity index (χ3v) is 2.55. The predicted octanol–water partition coefficient (Wildman–Crippen LogP) is 2.81. The third kappa shape index (κ3) is 4.58. The number of hydrogen-bond donors (Lipinski definition) is 0. The Bertz CT molecular complexity index is 456. The number of rotatable bonds is 6. The van der Waals surface area contributed by atoms with Crippen LogP contribution in [0, 0.1) is 10.1 Å². The molecule has 0 N–H and O–H groups in total. The van der Waals surface area contributed by atoms with Crippen LogP contribution in [0.15, 0.2) is 24.3 Å². The molecule has 6 heteroatoms. The van der Waals surface area contributed by atoms with Crippen LogP contribution in [0.1, 0.15) is 25.3 Å². The molecule has 0 spiro atoms. The average molecular weight is 267 g/mol. The van der Waals surface area contributed by atoms with Crippen molar-refractivity contribution < 1.29 is 14.5 Å². The lowest BCUT2D eigenvalue weighted by Crippen LogP contribution is -2.08. The maximum Gasteiger partial charge on any atom is 0.269 e. The van der Waals surface area contributed by atoms with Crippen molar-refractivity contribution in [2.45, 2.75) is 26.4 Å². The van der Waals surface area contributed by atoms with Crippen LogP contribution in [-0.4, -0.2) is 15.8 Å². The van der Waals surface area contributed by atoms with E-state index in [1.54, 1.807) is 19.1 Å². The lowest BCUT2D eigenvalue weighted by atomic mass is 10.2.